The zero-order valence-corrected chi connectivity index (χ0v) is 18.7. The van der Waals surface area contributed by atoms with Crippen molar-refractivity contribution in [2.24, 2.45) is 11.5 Å². The fraction of sp³-hybridized carbons (Fsp3) is 0.348. The second kappa shape index (κ2) is 9.70. The van der Waals surface area contributed by atoms with E-state index in [-0.39, 0.29) is 42.3 Å². The Hall–Kier alpha value is -3.77. The SMILES string of the molecule is NC(N)=[N+]1CCC[C@H]1c1nc(-c2ccc(OCCc3ccc(C(F)(F)F)cc3)c(C(F)(F)F)c2)no1. The summed E-state index contributed by atoms with van der Waals surface area (Å²) in [6.07, 6.45) is -7.65. The van der Waals surface area contributed by atoms with Crippen LogP contribution in [0.1, 0.15) is 41.5 Å². The number of guanidine groups is 1. The highest BCUT2D eigenvalue weighted by Crippen LogP contribution is 2.39. The predicted molar refractivity (Wildman–Crippen MR) is 116 cm³/mol. The third kappa shape index (κ3) is 5.55. The van der Waals surface area contributed by atoms with Gasteiger partial charge in [0, 0.05) is 12.0 Å². The molecule has 192 valence electrons. The van der Waals surface area contributed by atoms with E-state index in [4.69, 9.17) is 20.7 Å². The van der Waals surface area contributed by atoms with Crippen LogP contribution in [-0.2, 0) is 18.8 Å². The van der Waals surface area contributed by atoms with Crippen LogP contribution in [0.15, 0.2) is 47.0 Å². The van der Waals surface area contributed by atoms with Gasteiger partial charge in [-0.1, -0.05) is 17.3 Å². The van der Waals surface area contributed by atoms with Crippen molar-refractivity contribution in [2.75, 3.05) is 13.2 Å². The molecule has 1 saturated heterocycles. The minimum Gasteiger partial charge on any atom is -0.493 e. The summed E-state index contributed by atoms with van der Waals surface area (Å²) in [7, 11) is 0. The molecule has 4 rings (SSSR count). The fourth-order valence-corrected chi connectivity index (χ4v) is 3.98. The Morgan fingerprint density at radius 1 is 1.03 bits per heavy atom. The summed E-state index contributed by atoms with van der Waals surface area (Å²) in [6, 6.07) is 7.36. The van der Waals surface area contributed by atoms with Gasteiger partial charge in [-0.2, -0.15) is 31.3 Å². The normalized spacial score (nSPS) is 16.4. The second-order valence-electron chi connectivity index (χ2n) is 8.23. The summed E-state index contributed by atoms with van der Waals surface area (Å²) in [5, 5.41) is 3.81. The van der Waals surface area contributed by atoms with Crippen molar-refractivity contribution in [3.63, 3.8) is 0 Å². The number of benzene rings is 2. The molecule has 2 aromatic carbocycles. The Labute approximate surface area is 201 Å². The average molecular weight is 514 g/mol. The molecule has 3 aromatic rings. The molecule has 1 aliphatic rings. The highest BCUT2D eigenvalue weighted by molar-refractivity contribution is 5.70. The summed E-state index contributed by atoms with van der Waals surface area (Å²) >= 11 is 0. The van der Waals surface area contributed by atoms with E-state index in [0.29, 0.717) is 18.5 Å². The van der Waals surface area contributed by atoms with E-state index in [1.54, 1.807) is 4.58 Å². The third-order valence-electron chi connectivity index (χ3n) is 5.78. The lowest BCUT2D eigenvalue weighted by Gasteiger charge is -2.15. The summed E-state index contributed by atoms with van der Waals surface area (Å²) < 4.78 is 91.6. The maximum absolute atomic E-state index is 13.8. The van der Waals surface area contributed by atoms with Crippen LogP contribution in [0, 0.1) is 0 Å². The van der Waals surface area contributed by atoms with Crippen molar-refractivity contribution in [3.8, 4) is 17.1 Å². The van der Waals surface area contributed by atoms with Gasteiger partial charge in [-0.3, -0.25) is 16.0 Å². The molecule has 7 nitrogen and oxygen atoms in total. The fourth-order valence-electron chi connectivity index (χ4n) is 3.98. The van der Waals surface area contributed by atoms with Gasteiger partial charge in [-0.15, -0.1) is 0 Å². The van der Waals surface area contributed by atoms with E-state index in [9.17, 15) is 26.3 Å². The highest BCUT2D eigenvalue weighted by Gasteiger charge is 2.36. The van der Waals surface area contributed by atoms with Crippen molar-refractivity contribution in [1.82, 2.24) is 10.1 Å². The first kappa shape index (κ1) is 25.3. The number of nitrogens with zero attached hydrogens (tertiary/aromatic N) is 3. The number of alkyl halides is 6. The Morgan fingerprint density at radius 2 is 1.75 bits per heavy atom. The average Bonchev–Trinajstić information content (AvgIpc) is 3.48. The van der Waals surface area contributed by atoms with E-state index in [0.717, 1.165) is 30.7 Å². The molecule has 1 atom stereocenters. The largest absolute Gasteiger partial charge is 0.493 e. The maximum atomic E-state index is 13.8. The molecule has 36 heavy (non-hydrogen) atoms. The number of ether oxygens (including phenoxy) is 1. The lowest BCUT2D eigenvalue weighted by Crippen LogP contribution is -2.35. The van der Waals surface area contributed by atoms with Crippen molar-refractivity contribution in [1.29, 1.82) is 0 Å². The highest BCUT2D eigenvalue weighted by atomic mass is 19.4. The van der Waals surface area contributed by atoms with Crippen LogP contribution in [0.25, 0.3) is 11.4 Å². The third-order valence-corrected chi connectivity index (χ3v) is 5.78. The molecule has 0 aliphatic carbocycles. The molecule has 2 heterocycles. The number of nitrogens with two attached hydrogens (primary N) is 2. The predicted octanol–water partition coefficient (Wildman–Crippen LogP) is 4.52. The molecule has 0 amide bonds. The van der Waals surface area contributed by atoms with Gasteiger partial charge in [0.1, 0.15) is 5.75 Å². The summed E-state index contributed by atoms with van der Waals surface area (Å²) in [6.45, 7) is 0.427. The molecule has 1 fully saturated rings. The smallest absolute Gasteiger partial charge is 0.419 e. The molecule has 0 radical (unpaired) electrons. The standard InChI is InChI=1S/C23H21F6N5O2/c24-22(25,26)15-6-3-13(4-7-15)9-11-35-18-8-5-14(12-16(18)23(27,28)29)19-32-20(36-33-19)17-2-1-10-34(17)21(30)31/h3-8,12,17H,1-2,9-11H2,(H3,30,31)/p+1/t17-/m0/s1. The number of aromatic nitrogens is 2. The topological polar surface area (TPSA) is 103 Å². The van der Waals surface area contributed by atoms with Crippen LogP contribution >= 0.6 is 0 Å². The van der Waals surface area contributed by atoms with Crippen molar-refractivity contribution < 1.29 is 40.2 Å². The minimum absolute atomic E-state index is 0.0331. The molecule has 4 N–H and O–H groups in total. The molecular weight excluding hydrogens is 492 g/mol. The number of halogens is 6. The number of hydrogen-bond donors (Lipinski definition) is 2. The van der Waals surface area contributed by atoms with Crippen LogP contribution in [-0.4, -0.2) is 33.8 Å². The molecular formula is C23H22F6N5O2+. The monoisotopic (exact) mass is 514 g/mol. The molecule has 0 bridgehead atoms. The Bertz CT molecular complexity index is 1250. The zero-order valence-electron chi connectivity index (χ0n) is 18.7. The van der Waals surface area contributed by atoms with Gasteiger partial charge in [-0.25, -0.2) is 0 Å². The Balaban J connectivity index is 1.50. The van der Waals surface area contributed by atoms with Gasteiger partial charge in [0.05, 0.1) is 24.3 Å². The van der Waals surface area contributed by atoms with E-state index >= 15 is 0 Å². The Kier molecular flexibility index (Phi) is 6.83. The van der Waals surface area contributed by atoms with E-state index in [2.05, 4.69) is 10.1 Å². The van der Waals surface area contributed by atoms with Crippen LogP contribution < -0.4 is 16.2 Å². The van der Waals surface area contributed by atoms with Crippen molar-refractivity contribution >= 4 is 5.96 Å². The first-order chi connectivity index (χ1) is 16.9. The van der Waals surface area contributed by atoms with Gasteiger partial charge in [0.2, 0.25) is 5.82 Å². The second-order valence-corrected chi connectivity index (χ2v) is 8.23. The molecule has 1 aromatic heterocycles. The van der Waals surface area contributed by atoms with Crippen LogP contribution in [0.2, 0.25) is 0 Å². The summed E-state index contributed by atoms with van der Waals surface area (Å²) in [4.78, 5) is 4.24. The molecule has 0 spiro atoms. The van der Waals surface area contributed by atoms with Gasteiger partial charge >= 0.3 is 18.3 Å². The van der Waals surface area contributed by atoms with E-state index in [1.807, 2.05) is 0 Å². The van der Waals surface area contributed by atoms with Crippen LogP contribution in [0.5, 0.6) is 5.75 Å². The quantitative estimate of drug-likeness (QED) is 0.285. The van der Waals surface area contributed by atoms with E-state index in [1.165, 1.54) is 18.2 Å². The van der Waals surface area contributed by atoms with Crippen LogP contribution in [0.3, 0.4) is 0 Å². The lowest BCUT2D eigenvalue weighted by atomic mass is 10.1. The Morgan fingerprint density at radius 3 is 2.39 bits per heavy atom. The molecule has 1 aliphatic heterocycles. The first-order valence-corrected chi connectivity index (χ1v) is 10.9. The summed E-state index contributed by atoms with van der Waals surface area (Å²) in [5.41, 5.74) is 10.1. The summed E-state index contributed by atoms with van der Waals surface area (Å²) in [5.74, 6) is -0.167. The zero-order chi connectivity index (χ0) is 26.1. The van der Waals surface area contributed by atoms with E-state index < -0.39 is 29.2 Å². The number of rotatable bonds is 6. The van der Waals surface area contributed by atoms with Gasteiger partial charge in [0.25, 0.3) is 5.89 Å². The minimum atomic E-state index is -4.74. The van der Waals surface area contributed by atoms with Gasteiger partial charge in [0.15, 0.2) is 6.04 Å². The van der Waals surface area contributed by atoms with Crippen LogP contribution in [0.4, 0.5) is 26.3 Å². The van der Waals surface area contributed by atoms with Crippen molar-refractivity contribution in [2.45, 2.75) is 37.7 Å². The first-order valence-electron chi connectivity index (χ1n) is 10.9. The molecule has 0 unspecified atom stereocenters. The lowest BCUT2D eigenvalue weighted by molar-refractivity contribution is -0.555. The van der Waals surface area contributed by atoms with Gasteiger partial charge < -0.3 is 9.26 Å². The van der Waals surface area contributed by atoms with Gasteiger partial charge in [-0.05, 0) is 48.7 Å². The number of hydrogen-bond acceptors (Lipinski definition) is 4. The van der Waals surface area contributed by atoms with Crippen molar-refractivity contribution in [3.05, 3.63) is 65.0 Å². The molecule has 13 heteroatoms. The molecule has 0 saturated carbocycles. The maximum Gasteiger partial charge on any atom is 0.419 e.